The third-order valence-corrected chi connectivity index (χ3v) is 6.84. The molecule has 1 aromatic rings. The first-order chi connectivity index (χ1) is 14.0. The largest absolute Gasteiger partial charge is 0.373 e. The number of hydrogen-bond acceptors (Lipinski definition) is 5. The van der Waals surface area contributed by atoms with Crippen LogP contribution in [-0.4, -0.2) is 68.2 Å². The van der Waals surface area contributed by atoms with Gasteiger partial charge >= 0.3 is 0 Å². The van der Waals surface area contributed by atoms with Gasteiger partial charge in [-0.3, -0.25) is 9.59 Å². The van der Waals surface area contributed by atoms with Crippen LogP contribution in [0, 0.1) is 5.92 Å². The van der Waals surface area contributed by atoms with Gasteiger partial charge in [0.25, 0.3) is 5.91 Å². The van der Waals surface area contributed by atoms with Crippen LogP contribution in [0.25, 0.3) is 0 Å². The molecule has 168 valence electrons. The molecule has 2 amide bonds. The molecule has 30 heavy (non-hydrogen) atoms. The van der Waals surface area contributed by atoms with E-state index < -0.39 is 27.9 Å². The van der Waals surface area contributed by atoms with Crippen molar-refractivity contribution >= 4 is 33.4 Å². The van der Waals surface area contributed by atoms with Gasteiger partial charge in [0.15, 0.2) is 0 Å². The quantitative estimate of drug-likeness (QED) is 0.615. The molecule has 8 nitrogen and oxygen atoms in total. The van der Waals surface area contributed by atoms with Crippen molar-refractivity contribution in [1.29, 1.82) is 0 Å². The number of rotatable bonds is 8. The summed E-state index contributed by atoms with van der Waals surface area (Å²) in [6.07, 6.45) is -0.349. The van der Waals surface area contributed by atoms with Crippen molar-refractivity contribution in [3.8, 4) is 0 Å². The zero-order valence-electron chi connectivity index (χ0n) is 17.7. The number of carbonyl (C=O) groups excluding carboxylic acids is 2. The summed E-state index contributed by atoms with van der Waals surface area (Å²) in [6.45, 7) is 7.83. The molecular formula is C20H30ClN3O5S. The predicted octanol–water partition coefficient (Wildman–Crippen LogP) is 1.65. The molecule has 1 aliphatic rings. The Bertz CT molecular complexity index is 835. The number of benzene rings is 1. The summed E-state index contributed by atoms with van der Waals surface area (Å²) >= 11 is 5.83. The minimum atomic E-state index is -3.52. The van der Waals surface area contributed by atoms with Crippen molar-refractivity contribution in [2.45, 2.75) is 45.9 Å². The number of morpholine rings is 1. The normalized spacial score (nSPS) is 21.3. The van der Waals surface area contributed by atoms with E-state index in [0.29, 0.717) is 23.7 Å². The highest BCUT2D eigenvalue weighted by atomic mass is 35.5. The maximum Gasteiger partial charge on any atom is 0.251 e. The van der Waals surface area contributed by atoms with Crippen LogP contribution in [0.5, 0.6) is 0 Å². The molecule has 0 saturated carbocycles. The van der Waals surface area contributed by atoms with E-state index in [1.54, 1.807) is 38.1 Å². The first-order valence-corrected chi connectivity index (χ1v) is 12.0. The van der Waals surface area contributed by atoms with Gasteiger partial charge < -0.3 is 15.4 Å². The van der Waals surface area contributed by atoms with E-state index >= 15 is 0 Å². The van der Waals surface area contributed by atoms with E-state index in [9.17, 15) is 18.0 Å². The van der Waals surface area contributed by atoms with E-state index in [1.165, 1.54) is 4.31 Å². The van der Waals surface area contributed by atoms with Gasteiger partial charge in [-0.25, -0.2) is 8.42 Å². The third kappa shape index (κ3) is 6.94. The van der Waals surface area contributed by atoms with Gasteiger partial charge in [0.05, 0.1) is 18.0 Å². The third-order valence-electron chi connectivity index (χ3n) is 4.78. The Balaban J connectivity index is 1.92. The highest BCUT2D eigenvalue weighted by molar-refractivity contribution is 7.89. The summed E-state index contributed by atoms with van der Waals surface area (Å²) in [6, 6.07) is 5.55. The van der Waals surface area contributed by atoms with Crippen molar-refractivity contribution in [2.75, 3.05) is 25.4 Å². The van der Waals surface area contributed by atoms with Crippen LogP contribution in [0.1, 0.15) is 38.1 Å². The van der Waals surface area contributed by atoms with Gasteiger partial charge in [-0.15, -0.1) is 0 Å². The van der Waals surface area contributed by atoms with E-state index in [2.05, 4.69) is 10.6 Å². The summed E-state index contributed by atoms with van der Waals surface area (Å²) in [5.41, 5.74) is 0.385. The van der Waals surface area contributed by atoms with Crippen molar-refractivity contribution in [3.05, 3.63) is 34.9 Å². The lowest BCUT2D eigenvalue weighted by Gasteiger charge is -2.34. The van der Waals surface area contributed by atoms with Crippen LogP contribution < -0.4 is 10.6 Å². The molecule has 0 spiro atoms. The van der Waals surface area contributed by atoms with Crippen LogP contribution in [0.4, 0.5) is 0 Å². The summed E-state index contributed by atoms with van der Waals surface area (Å²) < 4.78 is 32.2. The highest BCUT2D eigenvalue weighted by Crippen LogP contribution is 2.15. The number of halogens is 1. The Kier molecular flexibility index (Phi) is 8.66. The average molecular weight is 460 g/mol. The lowest BCUT2D eigenvalue weighted by Crippen LogP contribution is -2.52. The molecule has 1 aromatic carbocycles. The van der Waals surface area contributed by atoms with Gasteiger partial charge in [0.2, 0.25) is 15.9 Å². The standard InChI is InChI=1S/C20H30ClN3O5S/c1-13(2)18(23-19(25)16-5-7-17(21)8-6-16)20(26)22-9-10-30(27,28)24-11-14(3)29-15(4)12-24/h5-8,13-15,18H,9-12H2,1-4H3,(H,22,26)(H,23,25). The van der Waals surface area contributed by atoms with Gasteiger partial charge in [-0.05, 0) is 44.0 Å². The second-order valence-electron chi connectivity index (χ2n) is 7.88. The molecule has 3 atom stereocenters. The Hall–Kier alpha value is -1.68. The Morgan fingerprint density at radius 3 is 2.27 bits per heavy atom. The van der Waals surface area contributed by atoms with E-state index in [1.807, 2.05) is 13.8 Å². The molecule has 0 radical (unpaired) electrons. The summed E-state index contributed by atoms with van der Waals surface area (Å²) in [5, 5.41) is 5.85. The number of ether oxygens (including phenoxy) is 1. The van der Waals surface area contributed by atoms with Crippen molar-refractivity contribution in [2.24, 2.45) is 5.92 Å². The van der Waals surface area contributed by atoms with Crippen LogP contribution in [-0.2, 0) is 19.6 Å². The number of sulfonamides is 1. The summed E-state index contributed by atoms with van der Waals surface area (Å²) in [5.74, 6) is -1.22. The number of nitrogens with zero attached hydrogens (tertiary/aromatic N) is 1. The zero-order valence-corrected chi connectivity index (χ0v) is 19.3. The number of nitrogens with one attached hydrogen (secondary N) is 2. The van der Waals surface area contributed by atoms with Crippen LogP contribution in [0.15, 0.2) is 24.3 Å². The lowest BCUT2D eigenvalue weighted by molar-refractivity contribution is -0.123. The number of hydrogen-bond donors (Lipinski definition) is 2. The molecule has 1 heterocycles. The fraction of sp³-hybridized carbons (Fsp3) is 0.600. The maximum absolute atomic E-state index is 12.6. The molecule has 0 bridgehead atoms. The molecule has 1 fully saturated rings. The maximum atomic E-state index is 12.6. The predicted molar refractivity (Wildman–Crippen MR) is 116 cm³/mol. The fourth-order valence-corrected chi connectivity index (χ4v) is 4.88. The van der Waals surface area contributed by atoms with Crippen molar-refractivity contribution in [1.82, 2.24) is 14.9 Å². The summed E-state index contributed by atoms with van der Waals surface area (Å²) in [7, 11) is -3.52. The molecule has 2 rings (SSSR count). The van der Waals surface area contributed by atoms with Gasteiger partial charge in [-0.2, -0.15) is 4.31 Å². The van der Waals surface area contributed by atoms with Gasteiger partial charge in [0.1, 0.15) is 6.04 Å². The molecular weight excluding hydrogens is 430 g/mol. The second kappa shape index (κ2) is 10.6. The first kappa shape index (κ1) is 24.6. The summed E-state index contributed by atoms with van der Waals surface area (Å²) in [4.78, 5) is 25.0. The molecule has 2 N–H and O–H groups in total. The topological polar surface area (TPSA) is 105 Å². The SMILES string of the molecule is CC1CN(S(=O)(=O)CCNC(=O)C(NC(=O)c2ccc(Cl)cc2)C(C)C)CC(C)O1. The zero-order chi connectivity index (χ0) is 22.5. The second-order valence-corrected chi connectivity index (χ2v) is 10.4. The Morgan fingerprint density at radius 1 is 1.17 bits per heavy atom. The molecule has 1 aliphatic heterocycles. The van der Waals surface area contributed by atoms with Crippen LogP contribution in [0.2, 0.25) is 5.02 Å². The van der Waals surface area contributed by atoms with E-state index in [4.69, 9.17) is 16.3 Å². The average Bonchev–Trinajstić information content (AvgIpc) is 2.65. The van der Waals surface area contributed by atoms with Crippen molar-refractivity contribution < 1.29 is 22.7 Å². The van der Waals surface area contributed by atoms with Crippen LogP contribution >= 0.6 is 11.6 Å². The molecule has 3 unspecified atom stereocenters. The minimum Gasteiger partial charge on any atom is -0.373 e. The van der Waals surface area contributed by atoms with E-state index in [0.717, 1.165) is 0 Å². The van der Waals surface area contributed by atoms with E-state index in [-0.39, 0.29) is 30.4 Å². The first-order valence-electron chi connectivity index (χ1n) is 9.97. The Morgan fingerprint density at radius 2 is 1.73 bits per heavy atom. The van der Waals surface area contributed by atoms with Gasteiger partial charge in [0, 0.05) is 30.2 Å². The number of amides is 2. The molecule has 0 aliphatic carbocycles. The number of carbonyl (C=O) groups is 2. The van der Waals surface area contributed by atoms with Crippen LogP contribution in [0.3, 0.4) is 0 Å². The fourth-order valence-electron chi connectivity index (χ4n) is 3.26. The lowest BCUT2D eigenvalue weighted by atomic mass is 10.0. The monoisotopic (exact) mass is 459 g/mol. The molecule has 10 heteroatoms. The molecule has 1 saturated heterocycles. The molecule has 0 aromatic heterocycles. The Labute approximate surface area is 183 Å². The van der Waals surface area contributed by atoms with Crippen molar-refractivity contribution in [3.63, 3.8) is 0 Å². The van der Waals surface area contributed by atoms with Gasteiger partial charge in [-0.1, -0.05) is 25.4 Å². The smallest absolute Gasteiger partial charge is 0.251 e. The minimum absolute atomic E-state index is 0.0404. The highest BCUT2D eigenvalue weighted by Gasteiger charge is 2.31.